The average molecular weight is 144 g/mol. The van der Waals surface area contributed by atoms with Gasteiger partial charge >= 0.3 is 0 Å². The Morgan fingerprint density at radius 1 is 1.00 bits per heavy atom. The summed E-state index contributed by atoms with van der Waals surface area (Å²) < 4.78 is 0. The zero-order valence-electron chi connectivity index (χ0n) is 7.19. The zero-order valence-corrected chi connectivity index (χ0v) is 7.19. The van der Waals surface area contributed by atoms with Gasteiger partial charge in [0.05, 0.1) is 5.66 Å². The second kappa shape index (κ2) is 4.69. The van der Waals surface area contributed by atoms with Crippen molar-refractivity contribution >= 4 is 0 Å². The second-order valence-corrected chi connectivity index (χ2v) is 3.09. The lowest BCUT2D eigenvalue weighted by atomic mass is 10.00. The smallest absolute Gasteiger partial charge is 0.0636 e. The number of hydrogen-bond donors (Lipinski definition) is 2. The molecule has 62 valence electrons. The van der Waals surface area contributed by atoms with Crippen LogP contribution in [-0.4, -0.2) is 5.66 Å². The van der Waals surface area contributed by atoms with Gasteiger partial charge in [0.25, 0.3) is 0 Å². The average Bonchev–Trinajstić information content (AvgIpc) is 1.84. The molecule has 0 rings (SSSR count). The molecule has 0 aliphatic carbocycles. The molecule has 2 nitrogen and oxygen atoms in total. The minimum atomic E-state index is -0.398. The van der Waals surface area contributed by atoms with Gasteiger partial charge in [0.2, 0.25) is 0 Å². The van der Waals surface area contributed by atoms with E-state index in [1.807, 2.05) is 0 Å². The largest absolute Gasteiger partial charge is 0.313 e. The maximum Gasteiger partial charge on any atom is 0.0636 e. The van der Waals surface area contributed by atoms with Crippen molar-refractivity contribution in [1.29, 1.82) is 0 Å². The van der Waals surface area contributed by atoms with Crippen LogP contribution < -0.4 is 11.5 Å². The highest BCUT2D eigenvalue weighted by atomic mass is 14.9. The molecule has 10 heavy (non-hydrogen) atoms. The zero-order chi connectivity index (χ0) is 8.04. The van der Waals surface area contributed by atoms with Gasteiger partial charge in [-0.25, -0.2) is 0 Å². The number of nitrogens with two attached hydrogens (primary N) is 2. The van der Waals surface area contributed by atoms with E-state index in [1.54, 1.807) is 0 Å². The van der Waals surface area contributed by atoms with E-state index in [-0.39, 0.29) is 0 Å². The summed E-state index contributed by atoms with van der Waals surface area (Å²) in [7, 11) is 0. The minimum Gasteiger partial charge on any atom is -0.313 e. The number of rotatable bonds is 5. The third-order valence-corrected chi connectivity index (χ3v) is 1.71. The van der Waals surface area contributed by atoms with E-state index in [0.717, 1.165) is 25.7 Å². The molecular formula is C8H20N2. The van der Waals surface area contributed by atoms with Crippen LogP contribution in [0.5, 0.6) is 0 Å². The molecule has 0 radical (unpaired) electrons. The Balaban J connectivity index is 3.42. The van der Waals surface area contributed by atoms with Gasteiger partial charge in [-0.1, -0.05) is 33.1 Å². The predicted molar refractivity (Wildman–Crippen MR) is 45.5 cm³/mol. The minimum absolute atomic E-state index is 0.398. The van der Waals surface area contributed by atoms with Crippen molar-refractivity contribution in [2.45, 2.75) is 51.6 Å². The molecule has 2 heteroatoms. The third-order valence-electron chi connectivity index (χ3n) is 1.71. The molecule has 0 atom stereocenters. The lowest BCUT2D eigenvalue weighted by Crippen LogP contribution is -2.48. The third kappa shape index (κ3) is 4.77. The number of hydrogen-bond acceptors (Lipinski definition) is 2. The quantitative estimate of drug-likeness (QED) is 0.576. The van der Waals surface area contributed by atoms with Crippen molar-refractivity contribution in [3.63, 3.8) is 0 Å². The van der Waals surface area contributed by atoms with E-state index in [2.05, 4.69) is 13.8 Å². The maximum atomic E-state index is 5.79. The molecule has 0 amide bonds. The van der Waals surface area contributed by atoms with Crippen molar-refractivity contribution in [2.75, 3.05) is 0 Å². The molecular weight excluding hydrogens is 124 g/mol. The normalized spacial score (nSPS) is 12.0. The summed E-state index contributed by atoms with van der Waals surface area (Å²) in [6, 6.07) is 0. The van der Waals surface area contributed by atoms with Gasteiger partial charge in [-0.3, -0.25) is 0 Å². The summed E-state index contributed by atoms with van der Waals surface area (Å²) in [6.07, 6.45) is 5.30. The fraction of sp³-hybridized carbons (Fsp3) is 1.00. The highest BCUT2D eigenvalue weighted by Gasteiger charge is 2.15. The predicted octanol–water partition coefficient (Wildman–Crippen LogP) is 1.59. The van der Waals surface area contributed by atoms with Crippen molar-refractivity contribution < 1.29 is 0 Å². The summed E-state index contributed by atoms with van der Waals surface area (Å²) in [5, 5.41) is 0. The van der Waals surface area contributed by atoms with Crippen LogP contribution in [0, 0.1) is 0 Å². The van der Waals surface area contributed by atoms with Gasteiger partial charge in [0.15, 0.2) is 0 Å². The molecule has 0 aromatic carbocycles. The molecule has 0 aliphatic rings. The summed E-state index contributed by atoms with van der Waals surface area (Å²) in [4.78, 5) is 0. The fourth-order valence-corrected chi connectivity index (χ4v) is 1.10. The molecule has 0 unspecified atom stereocenters. The fourth-order valence-electron chi connectivity index (χ4n) is 1.10. The first-order valence-corrected chi connectivity index (χ1v) is 4.20. The molecule has 0 saturated heterocycles. The molecule has 0 bridgehead atoms. The van der Waals surface area contributed by atoms with Gasteiger partial charge in [0.1, 0.15) is 0 Å². The molecule has 0 spiro atoms. The highest BCUT2D eigenvalue weighted by Crippen LogP contribution is 2.10. The van der Waals surface area contributed by atoms with Crippen molar-refractivity contribution in [3.05, 3.63) is 0 Å². The van der Waals surface area contributed by atoms with Gasteiger partial charge in [-0.05, 0) is 12.8 Å². The van der Waals surface area contributed by atoms with Crippen molar-refractivity contribution in [1.82, 2.24) is 0 Å². The molecule has 0 aromatic rings. The van der Waals surface area contributed by atoms with E-state index in [0.29, 0.717) is 0 Å². The van der Waals surface area contributed by atoms with Gasteiger partial charge in [-0.15, -0.1) is 0 Å². The van der Waals surface area contributed by atoms with Crippen molar-refractivity contribution in [3.8, 4) is 0 Å². The Labute approximate surface area is 64.0 Å². The van der Waals surface area contributed by atoms with Gasteiger partial charge in [0, 0.05) is 0 Å². The van der Waals surface area contributed by atoms with Crippen LogP contribution in [0.3, 0.4) is 0 Å². The Morgan fingerprint density at radius 2 is 1.60 bits per heavy atom. The summed E-state index contributed by atoms with van der Waals surface area (Å²) in [5.74, 6) is 0. The number of unbranched alkanes of at least 4 members (excludes halogenated alkanes) is 1. The maximum absolute atomic E-state index is 5.79. The monoisotopic (exact) mass is 144 g/mol. The Morgan fingerprint density at radius 3 is 2.00 bits per heavy atom. The Kier molecular flexibility index (Phi) is 4.65. The van der Waals surface area contributed by atoms with Crippen molar-refractivity contribution in [2.24, 2.45) is 11.5 Å². The van der Waals surface area contributed by atoms with E-state index in [9.17, 15) is 0 Å². The summed E-state index contributed by atoms with van der Waals surface area (Å²) in [5.41, 5.74) is 11.2. The lowest BCUT2D eigenvalue weighted by molar-refractivity contribution is 0.363. The Bertz CT molecular complexity index is 79.3. The topological polar surface area (TPSA) is 52.0 Å². The lowest BCUT2D eigenvalue weighted by Gasteiger charge is -2.23. The SMILES string of the molecule is CCCCC(N)(N)CCC. The van der Waals surface area contributed by atoms with Crippen LogP contribution in [0.2, 0.25) is 0 Å². The molecule has 0 saturated carbocycles. The highest BCUT2D eigenvalue weighted by molar-refractivity contribution is 4.75. The molecule has 0 heterocycles. The summed E-state index contributed by atoms with van der Waals surface area (Å²) >= 11 is 0. The molecule has 4 N–H and O–H groups in total. The first-order chi connectivity index (χ1) is 4.62. The van der Waals surface area contributed by atoms with E-state index >= 15 is 0 Å². The van der Waals surface area contributed by atoms with Crippen LogP contribution in [0.15, 0.2) is 0 Å². The van der Waals surface area contributed by atoms with Crippen LogP contribution in [-0.2, 0) is 0 Å². The van der Waals surface area contributed by atoms with Gasteiger partial charge in [-0.2, -0.15) is 0 Å². The second-order valence-electron chi connectivity index (χ2n) is 3.09. The standard InChI is InChI=1S/C8H20N2/c1-3-5-7-8(9,10)6-4-2/h3-7,9-10H2,1-2H3. The van der Waals surface area contributed by atoms with E-state index in [1.165, 1.54) is 6.42 Å². The van der Waals surface area contributed by atoms with E-state index in [4.69, 9.17) is 11.5 Å². The van der Waals surface area contributed by atoms with Crippen LogP contribution >= 0.6 is 0 Å². The molecule has 0 aliphatic heterocycles. The van der Waals surface area contributed by atoms with Crippen LogP contribution in [0.1, 0.15) is 46.0 Å². The van der Waals surface area contributed by atoms with Crippen LogP contribution in [0.25, 0.3) is 0 Å². The molecule has 0 fully saturated rings. The summed E-state index contributed by atoms with van der Waals surface area (Å²) in [6.45, 7) is 4.27. The van der Waals surface area contributed by atoms with Gasteiger partial charge < -0.3 is 11.5 Å². The first-order valence-electron chi connectivity index (χ1n) is 4.20. The first kappa shape index (κ1) is 9.92. The molecule has 0 aromatic heterocycles. The van der Waals surface area contributed by atoms with Crippen LogP contribution in [0.4, 0.5) is 0 Å². The Hall–Kier alpha value is -0.0800. The van der Waals surface area contributed by atoms with E-state index < -0.39 is 5.66 Å².